The topological polar surface area (TPSA) is 105 Å². The number of aryl methyl sites for hydroxylation is 1. The molecule has 0 bridgehead atoms. The summed E-state index contributed by atoms with van der Waals surface area (Å²) in [5.41, 5.74) is -1.56. The molecule has 14 heteroatoms. The predicted molar refractivity (Wildman–Crippen MR) is 123 cm³/mol. The molecule has 0 aliphatic carbocycles. The van der Waals surface area contributed by atoms with Crippen LogP contribution in [0.25, 0.3) is 5.65 Å². The van der Waals surface area contributed by atoms with Gasteiger partial charge in [0.25, 0.3) is 5.91 Å². The third kappa shape index (κ3) is 7.00. The van der Waals surface area contributed by atoms with Gasteiger partial charge < -0.3 is 20.5 Å². The van der Waals surface area contributed by atoms with Crippen LogP contribution >= 0.6 is 11.6 Å². The highest BCUT2D eigenvalue weighted by Crippen LogP contribution is 2.29. The second kappa shape index (κ2) is 10.8. The van der Waals surface area contributed by atoms with Crippen LogP contribution in [0.15, 0.2) is 30.5 Å². The standard InChI is InChI=1S/C23H22ClF5N4O4/c1-12-8-16(37-10-13-14(25)4-3-5-15(13)26)19-31-18(24)17(33(19)9-12)20(34)30-11-22(2,32-21(35)36)6-7-23(27,28)29/h3-5,8-9,32H,6-7,10-11H2,1-2H3,(H,30,34)(H,35,36). The lowest BCUT2D eigenvalue weighted by Crippen LogP contribution is -2.53. The zero-order chi connectivity index (χ0) is 27.5. The number of ether oxygens (including phenoxy) is 1. The third-order valence-corrected chi connectivity index (χ3v) is 5.70. The maximum absolute atomic E-state index is 14.0. The van der Waals surface area contributed by atoms with Crippen molar-refractivity contribution >= 4 is 29.2 Å². The quantitative estimate of drug-likeness (QED) is 0.317. The Morgan fingerprint density at radius 3 is 2.43 bits per heavy atom. The number of halogens is 6. The average molecular weight is 549 g/mol. The first-order valence-electron chi connectivity index (χ1n) is 10.8. The number of carbonyl (C=O) groups excluding carboxylic acids is 1. The SMILES string of the molecule is Cc1cc(OCc2c(F)cccc2F)c2nc(Cl)c(C(=O)NCC(C)(CCC(F)(F)F)NC(=O)O)n2c1. The maximum Gasteiger partial charge on any atom is 0.405 e. The van der Waals surface area contributed by atoms with E-state index in [1.54, 1.807) is 6.92 Å². The Kier molecular flexibility index (Phi) is 8.16. The molecule has 1 unspecified atom stereocenters. The molecule has 3 N–H and O–H groups in total. The first-order chi connectivity index (χ1) is 17.2. The van der Waals surface area contributed by atoms with Crippen LogP contribution in [0.2, 0.25) is 5.15 Å². The Bertz CT molecular complexity index is 1310. The minimum atomic E-state index is -4.53. The van der Waals surface area contributed by atoms with Gasteiger partial charge in [0.15, 0.2) is 22.2 Å². The number of hydrogen-bond acceptors (Lipinski definition) is 4. The zero-order valence-corrected chi connectivity index (χ0v) is 20.3. The number of hydrogen-bond donors (Lipinski definition) is 3. The van der Waals surface area contributed by atoms with E-state index in [2.05, 4.69) is 10.3 Å². The molecule has 1 atom stereocenters. The van der Waals surface area contributed by atoms with Crippen LogP contribution in [-0.4, -0.2) is 44.8 Å². The number of aromatic nitrogens is 2. The highest BCUT2D eigenvalue weighted by molar-refractivity contribution is 6.32. The van der Waals surface area contributed by atoms with Crippen molar-refractivity contribution in [2.75, 3.05) is 6.54 Å². The van der Waals surface area contributed by atoms with Gasteiger partial charge in [-0.1, -0.05) is 17.7 Å². The normalized spacial score (nSPS) is 13.3. The number of amides is 2. The van der Waals surface area contributed by atoms with Crippen molar-refractivity contribution in [3.63, 3.8) is 0 Å². The molecule has 3 aromatic rings. The molecule has 0 fully saturated rings. The summed E-state index contributed by atoms with van der Waals surface area (Å²) in [6, 6.07) is 4.87. The number of benzene rings is 1. The van der Waals surface area contributed by atoms with Crippen molar-refractivity contribution in [2.24, 2.45) is 0 Å². The Balaban J connectivity index is 1.86. The highest BCUT2D eigenvalue weighted by Gasteiger charge is 2.35. The van der Waals surface area contributed by atoms with Crippen LogP contribution in [0.3, 0.4) is 0 Å². The Morgan fingerprint density at radius 1 is 1.19 bits per heavy atom. The molecule has 8 nitrogen and oxygen atoms in total. The van der Waals surface area contributed by atoms with Crippen molar-refractivity contribution in [3.05, 3.63) is 64.1 Å². The molecule has 0 saturated carbocycles. The van der Waals surface area contributed by atoms with E-state index in [1.807, 2.05) is 5.32 Å². The van der Waals surface area contributed by atoms with Gasteiger partial charge in [-0.2, -0.15) is 13.2 Å². The van der Waals surface area contributed by atoms with Crippen LogP contribution < -0.4 is 15.4 Å². The largest absolute Gasteiger partial charge is 0.485 e. The fraction of sp³-hybridized carbons (Fsp3) is 0.348. The van der Waals surface area contributed by atoms with E-state index in [0.717, 1.165) is 12.1 Å². The van der Waals surface area contributed by atoms with E-state index >= 15 is 0 Å². The molecule has 3 rings (SSSR count). The van der Waals surface area contributed by atoms with Gasteiger partial charge >= 0.3 is 12.3 Å². The van der Waals surface area contributed by atoms with Crippen LogP contribution in [0, 0.1) is 18.6 Å². The van der Waals surface area contributed by atoms with E-state index in [-0.39, 0.29) is 27.8 Å². The minimum Gasteiger partial charge on any atom is -0.485 e. The van der Waals surface area contributed by atoms with Crippen LogP contribution in [0.1, 0.15) is 41.4 Å². The maximum atomic E-state index is 14.0. The van der Waals surface area contributed by atoms with Gasteiger partial charge in [-0.3, -0.25) is 9.20 Å². The smallest absolute Gasteiger partial charge is 0.405 e. The fourth-order valence-corrected chi connectivity index (χ4v) is 3.83. The molecule has 0 spiro atoms. The molecule has 0 radical (unpaired) electrons. The van der Waals surface area contributed by atoms with E-state index < -0.39 is 61.3 Å². The molecule has 200 valence electrons. The summed E-state index contributed by atoms with van der Waals surface area (Å²) in [7, 11) is 0. The molecule has 0 saturated heterocycles. The first kappa shape index (κ1) is 28.0. The highest BCUT2D eigenvalue weighted by atomic mass is 35.5. The van der Waals surface area contributed by atoms with Crippen LogP contribution in [0.4, 0.5) is 26.7 Å². The second-order valence-electron chi connectivity index (χ2n) is 8.60. The summed E-state index contributed by atoms with van der Waals surface area (Å²) in [6.07, 6.45) is -6.52. The van der Waals surface area contributed by atoms with E-state index in [4.69, 9.17) is 21.4 Å². The summed E-state index contributed by atoms with van der Waals surface area (Å²) in [5.74, 6) is -2.41. The summed E-state index contributed by atoms with van der Waals surface area (Å²) in [5, 5.41) is 13.2. The van der Waals surface area contributed by atoms with Crippen molar-refractivity contribution in [2.45, 2.75) is 45.0 Å². The molecule has 37 heavy (non-hydrogen) atoms. The molecule has 2 amide bonds. The van der Waals surface area contributed by atoms with E-state index in [1.165, 1.54) is 29.7 Å². The predicted octanol–water partition coefficient (Wildman–Crippen LogP) is 5.25. The number of alkyl halides is 3. The summed E-state index contributed by atoms with van der Waals surface area (Å²) >= 11 is 6.18. The number of nitrogens with zero attached hydrogens (tertiary/aromatic N) is 2. The summed E-state index contributed by atoms with van der Waals surface area (Å²) in [6.45, 7) is 1.90. The Labute approximate surface area is 212 Å². The van der Waals surface area contributed by atoms with Crippen LogP contribution in [-0.2, 0) is 6.61 Å². The lowest BCUT2D eigenvalue weighted by atomic mass is 9.95. The monoisotopic (exact) mass is 548 g/mol. The fourth-order valence-electron chi connectivity index (χ4n) is 3.58. The third-order valence-electron chi connectivity index (χ3n) is 5.44. The van der Waals surface area contributed by atoms with E-state index in [0.29, 0.717) is 5.56 Å². The number of carboxylic acid groups (broad SMARTS) is 1. The number of imidazole rings is 1. The lowest BCUT2D eigenvalue weighted by Gasteiger charge is -2.30. The molecule has 1 aromatic carbocycles. The molecule has 2 aromatic heterocycles. The number of fused-ring (bicyclic) bond motifs is 1. The molecular weight excluding hydrogens is 527 g/mol. The average Bonchev–Trinajstić information content (AvgIpc) is 3.10. The summed E-state index contributed by atoms with van der Waals surface area (Å²) in [4.78, 5) is 28.2. The van der Waals surface area contributed by atoms with Gasteiger partial charge in [-0.05, 0) is 44.0 Å². The Hall–Kier alpha value is -3.61. The van der Waals surface area contributed by atoms with Gasteiger partial charge in [-0.15, -0.1) is 0 Å². The number of pyridine rings is 1. The summed E-state index contributed by atoms with van der Waals surface area (Å²) < 4.78 is 73.0. The van der Waals surface area contributed by atoms with Gasteiger partial charge in [0.1, 0.15) is 18.2 Å². The number of rotatable bonds is 9. The number of nitrogens with one attached hydrogen (secondary N) is 2. The van der Waals surface area contributed by atoms with Crippen molar-refractivity contribution in [1.29, 1.82) is 0 Å². The minimum absolute atomic E-state index is 0.0426. The van der Waals surface area contributed by atoms with Gasteiger partial charge in [0, 0.05) is 19.2 Å². The number of carbonyl (C=O) groups is 2. The second-order valence-corrected chi connectivity index (χ2v) is 8.96. The zero-order valence-electron chi connectivity index (χ0n) is 19.5. The molecule has 0 aliphatic heterocycles. The van der Waals surface area contributed by atoms with Crippen LogP contribution in [0.5, 0.6) is 5.75 Å². The van der Waals surface area contributed by atoms with Crippen molar-refractivity contribution < 1.29 is 41.4 Å². The van der Waals surface area contributed by atoms with Crippen molar-refractivity contribution in [3.8, 4) is 5.75 Å². The molecular formula is C23H22ClF5N4O4. The van der Waals surface area contributed by atoms with Crippen molar-refractivity contribution in [1.82, 2.24) is 20.0 Å². The first-order valence-corrected chi connectivity index (χ1v) is 11.2. The van der Waals surface area contributed by atoms with Gasteiger partial charge in [0.2, 0.25) is 0 Å². The van der Waals surface area contributed by atoms with Gasteiger partial charge in [0.05, 0.1) is 11.1 Å². The lowest BCUT2D eigenvalue weighted by molar-refractivity contribution is -0.138. The van der Waals surface area contributed by atoms with Gasteiger partial charge in [-0.25, -0.2) is 18.6 Å². The van der Waals surface area contributed by atoms with E-state index in [9.17, 15) is 31.5 Å². The molecule has 0 aliphatic rings. The molecule has 2 heterocycles. The Morgan fingerprint density at radius 2 is 1.84 bits per heavy atom.